The molecule has 0 bridgehead atoms. The number of amides is 1. The fraction of sp³-hybridized carbons (Fsp3) is 0.222. The molecule has 0 saturated carbocycles. The Kier molecular flexibility index (Phi) is 6.75. The largest absolute Gasteiger partial charge is 0.487 e. The summed E-state index contributed by atoms with van der Waals surface area (Å²) in [5.41, 5.74) is 0.524. The average molecular weight is 543 g/mol. The summed E-state index contributed by atoms with van der Waals surface area (Å²) in [7, 11) is 0. The molecule has 1 aliphatic rings. The molecule has 38 heavy (non-hydrogen) atoms. The van der Waals surface area contributed by atoms with Crippen LogP contribution in [0.25, 0.3) is 16.7 Å². The summed E-state index contributed by atoms with van der Waals surface area (Å²) in [5.74, 6) is -0.0112. The fourth-order valence-electron chi connectivity index (χ4n) is 4.78. The van der Waals surface area contributed by atoms with E-state index < -0.39 is 11.7 Å². The van der Waals surface area contributed by atoms with E-state index >= 15 is 0 Å². The quantitative estimate of drug-likeness (QED) is 0.306. The van der Waals surface area contributed by atoms with Gasteiger partial charge in [-0.3, -0.25) is 18.9 Å². The van der Waals surface area contributed by atoms with Crippen molar-refractivity contribution in [3.05, 3.63) is 100 Å². The van der Waals surface area contributed by atoms with Crippen LogP contribution in [0.3, 0.4) is 0 Å². The molecule has 1 saturated heterocycles. The number of ether oxygens (including phenoxy) is 1. The number of carbonyl (C=O) groups is 1. The van der Waals surface area contributed by atoms with Crippen molar-refractivity contribution in [1.82, 2.24) is 19.0 Å². The van der Waals surface area contributed by atoms with Gasteiger partial charge in [0.25, 0.3) is 0 Å². The first-order valence-corrected chi connectivity index (χ1v) is 12.1. The van der Waals surface area contributed by atoms with Crippen LogP contribution in [0.2, 0.25) is 5.02 Å². The lowest BCUT2D eigenvalue weighted by atomic mass is 10.1. The Balaban J connectivity index is 1.46. The number of hydrogen-bond acceptors (Lipinski definition) is 4. The zero-order valence-electron chi connectivity index (χ0n) is 20.0. The Morgan fingerprint density at radius 1 is 1.18 bits per heavy atom. The van der Waals surface area contributed by atoms with E-state index in [0.717, 1.165) is 6.07 Å². The fourth-order valence-corrected chi connectivity index (χ4v) is 5.01. The number of aromatic nitrogens is 3. The Morgan fingerprint density at radius 2 is 1.97 bits per heavy atom. The third-order valence-electron chi connectivity index (χ3n) is 6.57. The lowest BCUT2D eigenvalue weighted by Gasteiger charge is -2.15. The van der Waals surface area contributed by atoms with Crippen molar-refractivity contribution in [3.63, 3.8) is 0 Å². The van der Waals surface area contributed by atoms with Crippen molar-refractivity contribution in [3.8, 4) is 11.4 Å². The summed E-state index contributed by atoms with van der Waals surface area (Å²) in [4.78, 5) is 31.5. The number of fused-ring (bicyclic) bond motifs is 1. The molecule has 5 rings (SSSR count). The van der Waals surface area contributed by atoms with Gasteiger partial charge >= 0.3 is 11.9 Å². The Morgan fingerprint density at radius 3 is 2.71 bits per heavy atom. The standard InChI is InChI=1S/C27H22ClF3N4O3/c1-2-25(36)33-12-10-19(15-33)35-22-9-11-32-14-23(22)34(26(35)37)18-7-8-24(21(28)13-18)38-16-17-5-3-4-6-20(17)27(29,30)31/h2-9,11,13-14,19H,1,10,12,15-16H2/t19-/m1/s1. The maximum Gasteiger partial charge on any atom is 0.416 e. The second-order valence-electron chi connectivity index (χ2n) is 8.84. The van der Waals surface area contributed by atoms with E-state index in [1.54, 1.807) is 34.0 Å². The van der Waals surface area contributed by atoms with Gasteiger partial charge in [0.15, 0.2) is 0 Å². The molecule has 0 N–H and O–H groups in total. The van der Waals surface area contributed by atoms with Gasteiger partial charge in [0.2, 0.25) is 5.91 Å². The van der Waals surface area contributed by atoms with Crippen LogP contribution in [0, 0.1) is 0 Å². The number of hydrogen-bond donors (Lipinski definition) is 0. The maximum atomic E-state index is 13.7. The third-order valence-corrected chi connectivity index (χ3v) is 6.87. The zero-order chi connectivity index (χ0) is 27.0. The van der Waals surface area contributed by atoms with Crippen LogP contribution in [-0.2, 0) is 17.6 Å². The minimum atomic E-state index is -4.51. The highest BCUT2D eigenvalue weighted by molar-refractivity contribution is 6.32. The van der Waals surface area contributed by atoms with E-state index in [1.165, 1.54) is 41.0 Å². The number of likely N-dealkylation sites (tertiary alicyclic amines) is 1. The molecule has 7 nitrogen and oxygen atoms in total. The highest BCUT2D eigenvalue weighted by Gasteiger charge is 2.33. The third kappa shape index (κ3) is 4.67. The van der Waals surface area contributed by atoms with E-state index in [-0.39, 0.29) is 40.6 Å². The van der Waals surface area contributed by atoms with Gasteiger partial charge < -0.3 is 9.64 Å². The molecule has 1 amide bonds. The van der Waals surface area contributed by atoms with E-state index in [9.17, 15) is 22.8 Å². The van der Waals surface area contributed by atoms with Crippen LogP contribution in [0.1, 0.15) is 23.6 Å². The van der Waals surface area contributed by atoms with Crippen LogP contribution in [0.5, 0.6) is 5.75 Å². The number of rotatable bonds is 6. The van der Waals surface area contributed by atoms with Gasteiger partial charge in [-0.2, -0.15) is 13.2 Å². The zero-order valence-corrected chi connectivity index (χ0v) is 20.7. The molecular weight excluding hydrogens is 521 g/mol. The highest BCUT2D eigenvalue weighted by Crippen LogP contribution is 2.34. The van der Waals surface area contributed by atoms with Crippen molar-refractivity contribution in [2.75, 3.05) is 13.1 Å². The van der Waals surface area contributed by atoms with Gasteiger partial charge in [0, 0.05) is 24.8 Å². The van der Waals surface area contributed by atoms with Crippen LogP contribution in [0.4, 0.5) is 13.2 Å². The minimum Gasteiger partial charge on any atom is -0.487 e. The number of alkyl halides is 3. The summed E-state index contributed by atoms with van der Waals surface area (Å²) in [6.07, 6.45) is 0.514. The Hall–Kier alpha value is -4.05. The molecule has 0 unspecified atom stereocenters. The second-order valence-corrected chi connectivity index (χ2v) is 9.25. The first-order valence-electron chi connectivity index (χ1n) is 11.7. The molecule has 3 heterocycles. The number of halogens is 4. The number of benzene rings is 2. The predicted molar refractivity (Wildman–Crippen MR) is 137 cm³/mol. The Labute approximate surface area is 220 Å². The van der Waals surface area contributed by atoms with Gasteiger partial charge in [0.1, 0.15) is 12.4 Å². The van der Waals surface area contributed by atoms with E-state index in [2.05, 4.69) is 11.6 Å². The van der Waals surface area contributed by atoms with Crippen LogP contribution in [-0.4, -0.2) is 38.0 Å². The summed E-state index contributed by atoms with van der Waals surface area (Å²) >= 11 is 6.44. The van der Waals surface area contributed by atoms with Gasteiger partial charge in [-0.15, -0.1) is 0 Å². The first-order chi connectivity index (χ1) is 18.2. The molecule has 1 atom stereocenters. The molecule has 0 aliphatic carbocycles. The summed E-state index contributed by atoms with van der Waals surface area (Å²) in [5, 5.41) is 0.132. The number of carbonyl (C=O) groups excluding carboxylic acids is 1. The van der Waals surface area contributed by atoms with Crippen molar-refractivity contribution < 1.29 is 22.7 Å². The summed E-state index contributed by atoms with van der Waals surface area (Å²) < 4.78 is 48.7. The topological polar surface area (TPSA) is 69.4 Å². The molecule has 1 fully saturated rings. The normalized spacial score (nSPS) is 15.7. The van der Waals surface area contributed by atoms with Gasteiger partial charge in [0.05, 0.1) is 39.5 Å². The smallest absolute Gasteiger partial charge is 0.416 e. The predicted octanol–water partition coefficient (Wildman–Crippen LogP) is 5.40. The molecule has 0 spiro atoms. The van der Waals surface area contributed by atoms with Gasteiger partial charge in [-0.05, 0) is 42.8 Å². The SMILES string of the molecule is C=CC(=O)N1CC[C@@H](n2c(=O)n(-c3ccc(OCc4ccccc4C(F)(F)F)c(Cl)c3)c3cnccc32)C1. The maximum absolute atomic E-state index is 13.7. The molecule has 11 heteroatoms. The summed E-state index contributed by atoms with van der Waals surface area (Å²) in [6.45, 7) is 4.08. The van der Waals surface area contributed by atoms with Crippen molar-refractivity contribution in [2.24, 2.45) is 0 Å². The average Bonchev–Trinajstić information content (AvgIpc) is 3.49. The van der Waals surface area contributed by atoms with Crippen LogP contribution < -0.4 is 10.4 Å². The highest BCUT2D eigenvalue weighted by atomic mass is 35.5. The molecular formula is C27H22ClF3N4O3. The molecule has 1 aliphatic heterocycles. The van der Waals surface area contributed by atoms with Crippen LogP contribution >= 0.6 is 11.6 Å². The molecule has 2 aromatic carbocycles. The minimum absolute atomic E-state index is 0.0222. The van der Waals surface area contributed by atoms with E-state index in [0.29, 0.717) is 36.2 Å². The van der Waals surface area contributed by atoms with Gasteiger partial charge in [-0.1, -0.05) is 36.4 Å². The van der Waals surface area contributed by atoms with Crippen LogP contribution in [0.15, 0.2) is 78.4 Å². The number of imidazole rings is 1. The molecule has 4 aromatic rings. The molecule has 2 aromatic heterocycles. The molecule has 0 radical (unpaired) electrons. The number of nitrogens with zero attached hydrogens (tertiary/aromatic N) is 4. The van der Waals surface area contributed by atoms with Crippen molar-refractivity contribution in [1.29, 1.82) is 0 Å². The van der Waals surface area contributed by atoms with Crippen molar-refractivity contribution in [2.45, 2.75) is 25.2 Å². The van der Waals surface area contributed by atoms with E-state index in [4.69, 9.17) is 16.3 Å². The molecule has 196 valence electrons. The van der Waals surface area contributed by atoms with Gasteiger partial charge in [-0.25, -0.2) is 4.79 Å². The monoisotopic (exact) mass is 542 g/mol. The van der Waals surface area contributed by atoms with E-state index in [1.807, 2.05) is 0 Å². The second kappa shape index (κ2) is 10.0. The first kappa shape index (κ1) is 25.6. The summed E-state index contributed by atoms with van der Waals surface area (Å²) in [6, 6.07) is 11.3. The number of pyridine rings is 1. The Bertz CT molecular complexity index is 1590. The van der Waals surface area contributed by atoms with Crippen molar-refractivity contribution >= 4 is 28.5 Å². The lowest BCUT2D eigenvalue weighted by Crippen LogP contribution is -2.31. The lowest BCUT2D eigenvalue weighted by molar-refractivity contribution is -0.138.